The van der Waals surface area contributed by atoms with Crippen LogP contribution in [0.3, 0.4) is 0 Å². The van der Waals surface area contributed by atoms with Gasteiger partial charge in [-0.25, -0.2) is 8.42 Å². The monoisotopic (exact) mass is 353 g/mol. The Hall–Kier alpha value is -1.44. The third-order valence-corrected chi connectivity index (χ3v) is 6.82. The van der Waals surface area contributed by atoms with Crippen LogP contribution in [0, 0.1) is 0 Å². The summed E-state index contributed by atoms with van der Waals surface area (Å²) in [5.41, 5.74) is 5.85. The number of hydrogen-bond donors (Lipinski definition) is 2. The first-order valence-corrected chi connectivity index (χ1v) is 9.95. The molecule has 24 heavy (non-hydrogen) atoms. The second kappa shape index (κ2) is 7.63. The van der Waals surface area contributed by atoms with Crippen LogP contribution in [0.5, 0.6) is 0 Å². The number of nitrogens with zero attached hydrogens (tertiary/aromatic N) is 1. The number of nitrogens with two attached hydrogens (primary N) is 1. The van der Waals surface area contributed by atoms with E-state index in [4.69, 9.17) is 5.73 Å². The molecule has 134 valence electrons. The number of rotatable bonds is 7. The summed E-state index contributed by atoms with van der Waals surface area (Å²) in [6.45, 7) is 4.78. The molecule has 1 aliphatic rings. The van der Waals surface area contributed by atoms with Crippen LogP contribution in [-0.2, 0) is 10.0 Å². The Morgan fingerprint density at radius 2 is 1.88 bits per heavy atom. The molecule has 1 amide bonds. The molecule has 1 aromatic rings. The molecule has 0 unspecified atom stereocenters. The average molecular weight is 353 g/mol. The number of carbonyl (C=O) groups excluding carboxylic acids is 1. The highest BCUT2D eigenvalue weighted by atomic mass is 32.2. The van der Waals surface area contributed by atoms with Gasteiger partial charge >= 0.3 is 0 Å². The van der Waals surface area contributed by atoms with Crippen LogP contribution >= 0.6 is 0 Å². The van der Waals surface area contributed by atoms with Gasteiger partial charge in [-0.05, 0) is 31.0 Å². The van der Waals surface area contributed by atoms with Crippen molar-refractivity contribution in [1.82, 2.24) is 9.62 Å². The fraction of sp³-hybridized carbons (Fsp3) is 0.588. The Bertz CT molecular complexity index is 678. The van der Waals surface area contributed by atoms with Crippen molar-refractivity contribution >= 4 is 15.9 Å². The summed E-state index contributed by atoms with van der Waals surface area (Å²) in [5.74, 6) is -0.265. The van der Waals surface area contributed by atoms with E-state index in [0.717, 1.165) is 25.7 Å². The van der Waals surface area contributed by atoms with Gasteiger partial charge in [0.05, 0.1) is 10.4 Å². The fourth-order valence-electron chi connectivity index (χ4n) is 3.26. The summed E-state index contributed by atoms with van der Waals surface area (Å²) in [7, 11) is -3.58. The molecule has 0 atom stereocenters. The van der Waals surface area contributed by atoms with Crippen LogP contribution in [0.4, 0.5) is 0 Å². The summed E-state index contributed by atoms with van der Waals surface area (Å²) in [5, 5.41) is 3.02. The molecule has 1 saturated carbocycles. The summed E-state index contributed by atoms with van der Waals surface area (Å²) < 4.78 is 26.6. The van der Waals surface area contributed by atoms with Crippen LogP contribution in [0.2, 0.25) is 0 Å². The molecule has 0 radical (unpaired) electrons. The van der Waals surface area contributed by atoms with Gasteiger partial charge in [0.25, 0.3) is 5.91 Å². The molecule has 0 aliphatic heterocycles. The lowest BCUT2D eigenvalue weighted by molar-refractivity contribution is 0.0903. The van der Waals surface area contributed by atoms with Gasteiger partial charge in [0.1, 0.15) is 0 Å². The zero-order valence-corrected chi connectivity index (χ0v) is 15.2. The second-order valence-electron chi connectivity index (χ2n) is 6.26. The molecule has 0 bridgehead atoms. The van der Waals surface area contributed by atoms with Gasteiger partial charge in [-0.2, -0.15) is 4.31 Å². The molecule has 2 rings (SSSR count). The first kappa shape index (κ1) is 18.9. The minimum Gasteiger partial charge on any atom is -0.345 e. The van der Waals surface area contributed by atoms with Gasteiger partial charge in [0, 0.05) is 25.2 Å². The number of sulfonamides is 1. The van der Waals surface area contributed by atoms with Gasteiger partial charge in [-0.3, -0.25) is 4.79 Å². The smallest absolute Gasteiger partial charge is 0.251 e. The normalized spacial score (nSPS) is 17.2. The van der Waals surface area contributed by atoms with Gasteiger partial charge in [-0.1, -0.05) is 32.8 Å². The van der Waals surface area contributed by atoms with E-state index < -0.39 is 10.0 Å². The molecular formula is C17H27N3O3S. The predicted octanol–water partition coefficient (Wildman–Crippen LogP) is 1.72. The SMILES string of the molecule is CCN(CC)S(=O)(=O)c1cccc(C(=O)NC2(CN)CCCC2)c1. The van der Waals surface area contributed by atoms with E-state index in [-0.39, 0.29) is 16.3 Å². The van der Waals surface area contributed by atoms with Crippen molar-refractivity contribution in [3.63, 3.8) is 0 Å². The fourth-order valence-corrected chi connectivity index (χ4v) is 4.76. The molecule has 1 fully saturated rings. The Kier molecular flexibility index (Phi) is 6.01. The first-order valence-electron chi connectivity index (χ1n) is 8.51. The number of nitrogens with one attached hydrogen (secondary N) is 1. The first-order chi connectivity index (χ1) is 11.4. The largest absolute Gasteiger partial charge is 0.345 e. The van der Waals surface area contributed by atoms with Crippen molar-refractivity contribution in [1.29, 1.82) is 0 Å². The minimum atomic E-state index is -3.58. The van der Waals surface area contributed by atoms with E-state index in [9.17, 15) is 13.2 Å². The maximum Gasteiger partial charge on any atom is 0.251 e. The summed E-state index contributed by atoms with van der Waals surface area (Å²) in [6.07, 6.45) is 3.83. The standard InChI is InChI=1S/C17H27N3O3S/c1-3-20(4-2)24(22,23)15-9-7-8-14(12-15)16(21)19-17(13-18)10-5-6-11-17/h7-9,12H,3-6,10-11,13,18H2,1-2H3,(H,19,21). The highest BCUT2D eigenvalue weighted by Gasteiger charge is 2.34. The average Bonchev–Trinajstić information content (AvgIpc) is 3.05. The number of hydrogen-bond acceptors (Lipinski definition) is 4. The maximum atomic E-state index is 12.6. The quantitative estimate of drug-likeness (QED) is 0.780. The van der Waals surface area contributed by atoms with Crippen molar-refractivity contribution in [2.24, 2.45) is 5.73 Å². The summed E-state index contributed by atoms with van der Waals surface area (Å²) >= 11 is 0. The van der Waals surface area contributed by atoms with Crippen LogP contribution < -0.4 is 11.1 Å². The van der Waals surface area contributed by atoms with E-state index >= 15 is 0 Å². The van der Waals surface area contributed by atoms with E-state index in [1.54, 1.807) is 26.0 Å². The number of benzene rings is 1. The van der Waals surface area contributed by atoms with Crippen molar-refractivity contribution in [2.75, 3.05) is 19.6 Å². The second-order valence-corrected chi connectivity index (χ2v) is 8.20. The molecule has 6 nitrogen and oxygen atoms in total. The Labute approximate surface area is 144 Å². The summed E-state index contributed by atoms with van der Waals surface area (Å²) in [6, 6.07) is 6.21. The number of amides is 1. The summed E-state index contributed by atoms with van der Waals surface area (Å²) in [4.78, 5) is 12.7. The van der Waals surface area contributed by atoms with Crippen LogP contribution in [0.25, 0.3) is 0 Å². The third-order valence-electron chi connectivity index (χ3n) is 4.77. The predicted molar refractivity (Wildman–Crippen MR) is 94.3 cm³/mol. The lowest BCUT2D eigenvalue weighted by Crippen LogP contribution is -2.51. The van der Waals surface area contributed by atoms with E-state index in [1.165, 1.54) is 16.4 Å². The molecule has 0 aromatic heterocycles. The van der Waals surface area contributed by atoms with Gasteiger partial charge < -0.3 is 11.1 Å². The Balaban J connectivity index is 2.25. The molecule has 0 saturated heterocycles. The van der Waals surface area contributed by atoms with Gasteiger partial charge in [-0.15, -0.1) is 0 Å². The third kappa shape index (κ3) is 3.79. The molecule has 1 aromatic carbocycles. The van der Waals surface area contributed by atoms with E-state index in [2.05, 4.69) is 5.32 Å². The molecule has 0 spiro atoms. The van der Waals surface area contributed by atoms with Crippen molar-refractivity contribution in [3.05, 3.63) is 29.8 Å². The Morgan fingerprint density at radius 1 is 1.25 bits per heavy atom. The topological polar surface area (TPSA) is 92.5 Å². The molecule has 7 heteroatoms. The van der Waals surface area contributed by atoms with E-state index in [1.807, 2.05) is 0 Å². The lowest BCUT2D eigenvalue weighted by Gasteiger charge is -2.28. The van der Waals surface area contributed by atoms with Crippen molar-refractivity contribution < 1.29 is 13.2 Å². The van der Waals surface area contributed by atoms with Gasteiger partial charge in [0.15, 0.2) is 0 Å². The minimum absolute atomic E-state index is 0.145. The van der Waals surface area contributed by atoms with Crippen LogP contribution in [0.15, 0.2) is 29.2 Å². The van der Waals surface area contributed by atoms with Crippen molar-refractivity contribution in [2.45, 2.75) is 50.0 Å². The molecule has 3 N–H and O–H groups in total. The van der Waals surface area contributed by atoms with Crippen LogP contribution in [-0.4, -0.2) is 43.8 Å². The molecular weight excluding hydrogens is 326 g/mol. The maximum absolute atomic E-state index is 12.6. The number of carbonyl (C=O) groups is 1. The van der Waals surface area contributed by atoms with Crippen molar-refractivity contribution in [3.8, 4) is 0 Å². The lowest BCUT2D eigenvalue weighted by atomic mass is 9.97. The highest BCUT2D eigenvalue weighted by molar-refractivity contribution is 7.89. The highest BCUT2D eigenvalue weighted by Crippen LogP contribution is 2.29. The molecule has 0 heterocycles. The van der Waals surface area contributed by atoms with Gasteiger partial charge in [0.2, 0.25) is 10.0 Å². The zero-order valence-electron chi connectivity index (χ0n) is 14.4. The zero-order chi connectivity index (χ0) is 17.8. The Morgan fingerprint density at radius 3 is 2.42 bits per heavy atom. The van der Waals surface area contributed by atoms with E-state index in [0.29, 0.717) is 25.2 Å². The van der Waals surface area contributed by atoms with Crippen LogP contribution in [0.1, 0.15) is 49.9 Å². The molecule has 1 aliphatic carbocycles.